The van der Waals surface area contributed by atoms with Crippen LogP contribution >= 0.6 is 11.8 Å². The Bertz CT molecular complexity index is 721. The Labute approximate surface area is 143 Å². The molecule has 2 aromatic rings. The molecule has 2 heterocycles. The number of fused-ring (bicyclic) bond motifs is 1. The number of hydrogen-bond acceptors (Lipinski definition) is 7. The minimum atomic E-state index is -0.610. The number of H-pyrrole nitrogens is 1. The van der Waals surface area contributed by atoms with Crippen LogP contribution in [0.2, 0.25) is 0 Å². The van der Waals surface area contributed by atoms with E-state index >= 15 is 0 Å². The molecular weight excluding hydrogens is 332 g/mol. The number of nitrogens with zero attached hydrogens (tertiary/aromatic N) is 2. The molecule has 8 nitrogen and oxygen atoms in total. The summed E-state index contributed by atoms with van der Waals surface area (Å²) < 4.78 is 16.2. The molecule has 0 fully saturated rings. The van der Waals surface area contributed by atoms with Gasteiger partial charge in [0.15, 0.2) is 17.6 Å². The predicted molar refractivity (Wildman–Crippen MR) is 87.5 cm³/mol. The predicted octanol–water partition coefficient (Wildman–Crippen LogP) is 1.52. The number of aromatic nitrogens is 3. The quantitative estimate of drug-likeness (QED) is 0.577. The van der Waals surface area contributed by atoms with Crippen molar-refractivity contribution >= 4 is 17.7 Å². The number of aromatic amines is 1. The van der Waals surface area contributed by atoms with E-state index in [2.05, 4.69) is 20.5 Å². The molecule has 0 saturated carbocycles. The van der Waals surface area contributed by atoms with E-state index in [0.717, 1.165) is 5.82 Å². The maximum Gasteiger partial charge on any atom is 0.260 e. The third-order valence-corrected chi connectivity index (χ3v) is 4.08. The van der Waals surface area contributed by atoms with E-state index in [4.69, 9.17) is 14.2 Å². The number of aryl methyl sites for hydroxylation is 1. The SMILES string of the molecule is Cc1nc(SCCNC(=O)C(C)Oc2ccc3c(c2)OCO3)n[nH]1. The molecule has 2 N–H and O–H groups in total. The average molecular weight is 350 g/mol. The van der Waals surface area contributed by atoms with E-state index in [0.29, 0.717) is 34.7 Å². The Morgan fingerprint density at radius 3 is 3.08 bits per heavy atom. The zero-order valence-corrected chi connectivity index (χ0v) is 14.2. The number of benzene rings is 1. The third-order valence-electron chi connectivity index (χ3n) is 3.24. The summed E-state index contributed by atoms with van der Waals surface area (Å²) in [5.41, 5.74) is 0. The van der Waals surface area contributed by atoms with E-state index < -0.39 is 6.10 Å². The molecule has 0 bridgehead atoms. The Balaban J connectivity index is 1.41. The summed E-state index contributed by atoms with van der Waals surface area (Å²) >= 11 is 1.47. The second-order valence-corrected chi connectivity index (χ2v) is 6.18. The van der Waals surface area contributed by atoms with Crippen molar-refractivity contribution in [2.45, 2.75) is 25.1 Å². The number of carbonyl (C=O) groups excluding carboxylic acids is 1. The van der Waals surface area contributed by atoms with Crippen LogP contribution in [-0.4, -0.2) is 46.3 Å². The molecule has 1 aromatic heterocycles. The maximum absolute atomic E-state index is 12.1. The van der Waals surface area contributed by atoms with Gasteiger partial charge >= 0.3 is 0 Å². The molecule has 1 aliphatic rings. The van der Waals surface area contributed by atoms with Gasteiger partial charge < -0.3 is 19.5 Å². The van der Waals surface area contributed by atoms with Crippen LogP contribution in [0.4, 0.5) is 0 Å². The highest BCUT2D eigenvalue weighted by Gasteiger charge is 2.18. The Kier molecular flexibility index (Phi) is 5.09. The molecule has 1 amide bonds. The van der Waals surface area contributed by atoms with Crippen molar-refractivity contribution in [3.8, 4) is 17.2 Å². The Hall–Kier alpha value is -2.42. The van der Waals surface area contributed by atoms with Gasteiger partial charge in [-0.1, -0.05) is 11.8 Å². The van der Waals surface area contributed by atoms with Gasteiger partial charge in [-0.25, -0.2) is 4.98 Å². The van der Waals surface area contributed by atoms with Crippen LogP contribution < -0.4 is 19.5 Å². The normalized spacial score (nSPS) is 13.6. The summed E-state index contributed by atoms with van der Waals surface area (Å²) in [6.07, 6.45) is -0.610. The van der Waals surface area contributed by atoms with Crippen molar-refractivity contribution in [2.24, 2.45) is 0 Å². The van der Waals surface area contributed by atoms with Crippen LogP contribution in [0.3, 0.4) is 0 Å². The van der Waals surface area contributed by atoms with Crippen molar-refractivity contribution in [2.75, 3.05) is 19.1 Å². The Morgan fingerprint density at radius 1 is 1.46 bits per heavy atom. The highest BCUT2D eigenvalue weighted by molar-refractivity contribution is 7.99. The fraction of sp³-hybridized carbons (Fsp3) is 0.400. The second-order valence-electron chi connectivity index (χ2n) is 5.12. The zero-order chi connectivity index (χ0) is 16.9. The fourth-order valence-electron chi connectivity index (χ4n) is 2.05. The third kappa shape index (κ3) is 4.10. The first-order valence-corrected chi connectivity index (χ1v) is 8.46. The van der Waals surface area contributed by atoms with Crippen molar-refractivity contribution < 1.29 is 19.0 Å². The fourth-order valence-corrected chi connectivity index (χ4v) is 2.75. The van der Waals surface area contributed by atoms with Crippen LogP contribution in [-0.2, 0) is 4.79 Å². The molecule has 0 radical (unpaired) electrons. The van der Waals surface area contributed by atoms with Crippen molar-refractivity contribution in [3.63, 3.8) is 0 Å². The van der Waals surface area contributed by atoms with Crippen molar-refractivity contribution in [1.82, 2.24) is 20.5 Å². The number of amides is 1. The van der Waals surface area contributed by atoms with Gasteiger partial charge in [-0.3, -0.25) is 9.89 Å². The van der Waals surface area contributed by atoms with E-state index in [1.54, 1.807) is 25.1 Å². The van der Waals surface area contributed by atoms with Gasteiger partial charge in [0.2, 0.25) is 11.9 Å². The summed E-state index contributed by atoms with van der Waals surface area (Å²) in [7, 11) is 0. The molecule has 24 heavy (non-hydrogen) atoms. The molecule has 3 rings (SSSR count). The number of hydrogen-bond donors (Lipinski definition) is 2. The zero-order valence-electron chi connectivity index (χ0n) is 13.4. The molecule has 9 heteroatoms. The van der Waals surface area contributed by atoms with Crippen LogP contribution in [0.25, 0.3) is 0 Å². The lowest BCUT2D eigenvalue weighted by atomic mass is 10.3. The molecule has 0 saturated heterocycles. The van der Waals surface area contributed by atoms with Crippen molar-refractivity contribution in [1.29, 1.82) is 0 Å². The second kappa shape index (κ2) is 7.43. The van der Waals surface area contributed by atoms with Crippen molar-refractivity contribution in [3.05, 3.63) is 24.0 Å². The summed E-state index contributed by atoms with van der Waals surface area (Å²) in [6.45, 7) is 4.25. The van der Waals surface area contributed by atoms with E-state index in [9.17, 15) is 4.79 Å². The van der Waals surface area contributed by atoms with Gasteiger partial charge in [0, 0.05) is 18.4 Å². The van der Waals surface area contributed by atoms with Crippen LogP contribution in [0.5, 0.6) is 17.2 Å². The summed E-state index contributed by atoms with van der Waals surface area (Å²) in [5.74, 6) is 3.14. The van der Waals surface area contributed by atoms with Gasteiger partial charge in [-0.2, -0.15) is 0 Å². The van der Waals surface area contributed by atoms with Gasteiger partial charge in [-0.05, 0) is 26.0 Å². The lowest BCUT2D eigenvalue weighted by molar-refractivity contribution is -0.127. The molecule has 128 valence electrons. The first kappa shape index (κ1) is 16.4. The standard InChI is InChI=1S/C15H18N4O4S/c1-9(23-11-3-4-12-13(7-11)22-8-21-12)14(20)16-5-6-24-15-17-10(2)18-19-15/h3-4,7,9H,5-6,8H2,1-2H3,(H,16,20)(H,17,18,19). The van der Waals surface area contributed by atoms with Crippen LogP contribution in [0.1, 0.15) is 12.7 Å². The van der Waals surface area contributed by atoms with Gasteiger partial charge in [0.25, 0.3) is 5.91 Å². The number of thioether (sulfide) groups is 1. The lowest BCUT2D eigenvalue weighted by Gasteiger charge is -2.14. The first-order chi connectivity index (χ1) is 11.6. The summed E-state index contributed by atoms with van der Waals surface area (Å²) in [5, 5.41) is 10.3. The van der Waals surface area contributed by atoms with E-state index in [-0.39, 0.29) is 12.7 Å². The molecule has 1 aliphatic heterocycles. The molecular formula is C15H18N4O4S. The molecule has 1 aromatic carbocycles. The monoisotopic (exact) mass is 350 g/mol. The summed E-state index contributed by atoms with van der Waals surface area (Å²) in [6, 6.07) is 5.23. The maximum atomic E-state index is 12.1. The first-order valence-electron chi connectivity index (χ1n) is 7.47. The molecule has 0 aliphatic carbocycles. The topological polar surface area (TPSA) is 98.4 Å². The molecule has 0 spiro atoms. The highest BCUT2D eigenvalue weighted by Crippen LogP contribution is 2.35. The largest absolute Gasteiger partial charge is 0.481 e. The van der Waals surface area contributed by atoms with Gasteiger partial charge in [0.05, 0.1) is 0 Å². The number of rotatable bonds is 7. The van der Waals surface area contributed by atoms with Crippen LogP contribution in [0.15, 0.2) is 23.4 Å². The lowest BCUT2D eigenvalue weighted by Crippen LogP contribution is -2.37. The van der Waals surface area contributed by atoms with Crippen LogP contribution in [0, 0.1) is 6.92 Å². The average Bonchev–Trinajstić information content (AvgIpc) is 3.19. The van der Waals surface area contributed by atoms with E-state index in [1.165, 1.54) is 11.8 Å². The highest BCUT2D eigenvalue weighted by atomic mass is 32.2. The van der Waals surface area contributed by atoms with Gasteiger partial charge in [0.1, 0.15) is 11.6 Å². The number of ether oxygens (including phenoxy) is 3. The smallest absolute Gasteiger partial charge is 0.260 e. The Morgan fingerprint density at radius 2 is 2.29 bits per heavy atom. The molecule has 1 atom stereocenters. The number of carbonyl (C=O) groups is 1. The summed E-state index contributed by atoms with van der Waals surface area (Å²) in [4.78, 5) is 16.2. The number of nitrogens with one attached hydrogen (secondary N) is 2. The molecule has 1 unspecified atom stereocenters. The minimum absolute atomic E-state index is 0.181. The van der Waals surface area contributed by atoms with E-state index in [1.807, 2.05) is 6.92 Å². The van der Waals surface area contributed by atoms with Gasteiger partial charge in [-0.15, -0.1) is 5.10 Å². The minimum Gasteiger partial charge on any atom is -0.481 e.